The molecule has 2 fully saturated rings. The molecule has 0 spiro atoms. The van der Waals surface area contributed by atoms with Gasteiger partial charge in [-0.3, -0.25) is 0 Å². The molecule has 2 bridgehead atoms. The summed E-state index contributed by atoms with van der Waals surface area (Å²) in [5.74, 6) is 0. The Hall–Kier alpha value is -0.0800. The van der Waals surface area contributed by atoms with Crippen LogP contribution in [-0.2, 0) is 0 Å². The first-order valence-corrected chi connectivity index (χ1v) is 3.86. The fourth-order valence-electron chi connectivity index (χ4n) is 2.10. The second-order valence-electron chi connectivity index (χ2n) is 3.37. The quantitative estimate of drug-likeness (QED) is 0.487. The van der Waals surface area contributed by atoms with E-state index in [2.05, 4.69) is 5.32 Å². The Morgan fingerprint density at radius 2 is 1.67 bits per heavy atom. The first-order chi connectivity index (χ1) is 4.34. The SMILES string of the molecule is N[C@H]1C[C@H]2CC[C@@H](C1)N2. The summed E-state index contributed by atoms with van der Waals surface area (Å²) in [4.78, 5) is 0. The van der Waals surface area contributed by atoms with E-state index in [1.807, 2.05) is 0 Å². The van der Waals surface area contributed by atoms with E-state index in [1.165, 1.54) is 25.7 Å². The van der Waals surface area contributed by atoms with Gasteiger partial charge >= 0.3 is 0 Å². The molecule has 2 nitrogen and oxygen atoms in total. The van der Waals surface area contributed by atoms with Crippen LogP contribution in [0, 0.1) is 0 Å². The van der Waals surface area contributed by atoms with Crippen molar-refractivity contribution in [1.29, 1.82) is 0 Å². The Balaban J connectivity index is 2.03. The summed E-state index contributed by atoms with van der Waals surface area (Å²) in [7, 11) is 0. The van der Waals surface area contributed by atoms with Crippen molar-refractivity contribution in [2.45, 2.75) is 43.8 Å². The highest BCUT2D eigenvalue weighted by Gasteiger charge is 2.31. The summed E-state index contributed by atoms with van der Waals surface area (Å²) in [5, 5.41) is 3.54. The van der Waals surface area contributed by atoms with Crippen molar-refractivity contribution in [1.82, 2.24) is 5.32 Å². The lowest BCUT2D eigenvalue weighted by molar-refractivity contribution is 0.363. The first-order valence-electron chi connectivity index (χ1n) is 3.86. The van der Waals surface area contributed by atoms with Crippen molar-refractivity contribution < 1.29 is 0 Å². The van der Waals surface area contributed by atoms with Gasteiger partial charge in [0.2, 0.25) is 0 Å². The molecule has 2 aliphatic rings. The highest BCUT2D eigenvalue weighted by atomic mass is 15.0. The summed E-state index contributed by atoms with van der Waals surface area (Å²) in [6.07, 6.45) is 5.13. The monoisotopic (exact) mass is 126 g/mol. The lowest BCUT2D eigenvalue weighted by Crippen LogP contribution is -2.43. The van der Waals surface area contributed by atoms with Crippen LogP contribution in [0.25, 0.3) is 0 Å². The number of nitrogens with one attached hydrogen (secondary N) is 1. The Kier molecular flexibility index (Phi) is 1.24. The standard InChI is InChI=1S/C7H14N2/c8-5-3-6-1-2-7(4-5)9-6/h5-7,9H,1-4,8H2/t5-,6+,7-. The fourth-order valence-corrected chi connectivity index (χ4v) is 2.10. The van der Waals surface area contributed by atoms with E-state index in [1.54, 1.807) is 0 Å². The number of nitrogens with two attached hydrogens (primary N) is 1. The summed E-state index contributed by atoms with van der Waals surface area (Å²) in [6.45, 7) is 0. The highest BCUT2D eigenvalue weighted by Crippen LogP contribution is 2.25. The largest absolute Gasteiger partial charge is 0.328 e. The van der Waals surface area contributed by atoms with Crippen molar-refractivity contribution in [2.75, 3.05) is 0 Å². The van der Waals surface area contributed by atoms with E-state index in [-0.39, 0.29) is 0 Å². The molecule has 0 amide bonds. The molecule has 52 valence electrons. The van der Waals surface area contributed by atoms with Crippen LogP contribution in [0.3, 0.4) is 0 Å². The maximum absolute atomic E-state index is 5.82. The van der Waals surface area contributed by atoms with Gasteiger partial charge in [0, 0.05) is 18.1 Å². The molecule has 2 heterocycles. The second kappa shape index (κ2) is 1.96. The molecular formula is C7H14N2. The zero-order valence-electron chi connectivity index (χ0n) is 5.64. The maximum atomic E-state index is 5.82. The molecule has 3 atom stereocenters. The summed E-state index contributed by atoms with van der Waals surface area (Å²) in [5.41, 5.74) is 5.82. The van der Waals surface area contributed by atoms with Gasteiger partial charge in [0.05, 0.1) is 0 Å². The van der Waals surface area contributed by atoms with Crippen molar-refractivity contribution >= 4 is 0 Å². The van der Waals surface area contributed by atoms with E-state index < -0.39 is 0 Å². The van der Waals surface area contributed by atoms with Crippen LogP contribution >= 0.6 is 0 Å². The molecule has 2 heteroatoms. The van der Waals surface area contributed by atoms with Crippen molar-refractivity contribution in [3.8, 4) is 0 Å². The average Bonchev–Trinajstić information content (AvgIpc) is 2.11. The third-order valence-corrected chi connectivity index (χ3v) is 2.51. The number of hydrogen-bond donors (Lipinski definition) is 2. The van der Waals surface area contributed by atoms with Gasteiger partial charge in [-0.25, -0.2) is 0 Å². The number of rotatable bonds is 0. The van der Waals surface area contributed by atoms with Crippen LogP contribution in [-0.4, -0.2) is 18.1 Å². The lowest BCUT2D eigenvalue weighted by atomic mass is 10.0. The minimum Gasteiger partial charge on any atom is -0.328 e. The van der Waals surface area contributed by atoms with Gasteiger partial charge in [0.15, 0.2) is 0 Å². The van der Waals surface area contributed by atoms with Crippen LogP contribution in [0.2, 0.25) is 0 Å². The Labute approximate surface area is 55.8 Å². The highest BCUT2D eigenvalue weighted by molar-refractivity contribution is 4.93. The topological polar surface area (TPSA) is 38.0 Å². The van der Waals surface area contributed by atoms with Crippen LogP contribution in [0.5, 0.6) is 0 Å². The third kappa shape index (κ3) is 0.970. The number of hydrogen-bond acceptors (Lipinski definition) is 2. The molecule has 0 aromatic rings. The van der Waals surface area contributed by atoms with Crippen LogP contribution < -0.4 is 11.1 Å². The Bertz CT molecular complexity index is 101. The van der Waals surface area contributed by atoms with Crippen LogP contribution in [0.1, 0.15) is 25.7 Å². The van der Waals surface area contributed by atoms with E-state index in [0.717, 1.165) is 12.1 Å². The van der Waals surface area contributed by atoms with Gasteiger partial charge in [-0.1, -0.05) is 0 Å². The molecule has 0 aromatic heterocycles. The normalized spacial score (nSPS) is 49.7. The summed E-state index contributed by atoms with van der Waals surface area (Å²) >= 11 is 0. The molecule has 2 rings (SSSR count). The molecule has 2 aliphatic heterocycles. The number of piperidine rings is 1. The molecule has 2 saturated heterocycles. The van der Waals surface area contributed by atoms with Gasteiger partial charge in [0.25, 0.3) is 0 Å². The number of fused-ring (bicyclic) bond motifs is 2. The van der Waals surface area contributed by atoms with E-state index in [4.69, 9.17) is 5.73 Å². The van der Waals surface area contributed by atoms with Crippen molar-refractivity contribution in [3.05, 3.63) is 0 Å². The fraction of sp³-hybridized carbons (Fsp3) is 1.00. The molecule has 0 aliphatic carbocycles. The third-order valence-electron chi connectivity index (χ3n) is 2.51. The van der Waals surface area contributed by atoms with Gasteiger partial charge in [-0.15, -0.1) is 0 Å². The van der Waals surface area contributed by atoms with Crippen LogP contribution in [0.15, 0.2) is 0 Å². The predicted molar refractivity (Wildman–Crippen MR) is 37.2 cm³/mol. The molecule has 3 N–H and O–H groups in total. The van der Waals surface area contributed by atoms with E-state index in [0.29, 0.717) is 6.04 Å². The zero-order chi connectivity index (χ0) is 6.27. The predicted octanol–water partition coefficient (Wildman–Crippen LogP) is 0.228. The van der Waals surface area contributed by atoms with Gasteiger partial charge in [-0.05, 0) is 25.7 Å². The molecule has 0 radical (unpaired) electrons. The van der Waals surface area contributed by atoms with E-state index >= 15 is 0 Å². The lowest BCUT2D eigenvalue weighted by Gasteiger charge is -2.25. The molecule has 9 heavy (non-hydrogen) atoms. The molecular weight excluding hydrogens is 112 g/mol. The van der Waals surface area contributed by atoms with E-state index in [9.17, 15) is 0 Å². The Morgan fingerprint density at radius 1 is 1.11 bits per heavy atom. The van der Waals surface area contributed by atoms with Crippen molar-refractivity contribution in [3.63, 3.8) is 0 Å². The van der Waals surface area contributed by atoms with Gasteiger partial charge in [-0.2, -0.15) is 0 Å². The second-order valence-corrected chi connectivity index (χ2v) is 3.37. The minimum atomic E-state index is 0.490. The Morgan fingerprint density at radius 3 is 2.22 bits per heavy atom. The smallest absolute Gasteiger partial charge is 0.00849 e. The van der Waals surface area contributed by atoms with Crippen LogP contribution in [0.4, 0.5) is 0 Å². The van der Waals surface area contributed by atoms with Gasteiger partial charge < -0.3 is 11.1 Å². The maximum Gasteiger partial charge on any atom is 0.00849 e. The minimum absolute atomic E-state index is 0.490. The summed E-state index contributed by atoms with van der Waals surface area (Å²) < 4.78 is 0. The first kappa shape index (κ1) is 5.69. The molecule has 0 unspecified atom stereocenters. The molecule has 0 saturated carbocycles. The zero-order valence-corrected chi connectivity index (χ0v) is 5.64. The molecule has 0 aromatic carbocycles. The van der Waals surface area contributed by atoms with Gasteiger partial charge in [0.1, 0.15) is 0 Å². The van der Waals surface area contributed by atoms with Crippen molar-refractivity contribution in [2.24, 2.45) is 5.73 Å². The summed E-state index contributed by atoms with van der Waals surface area (Å²) in [6, 6.07) is 2.02. The average molecular weight is 126 g/mol.